The van der Waals surface area contributed by atoms with Crippen LogP contribution in [0.5, 0.6) is 11.5 Å². The highest BCUT2D eigenvalue weighted by molar-refractivity contribution is 5.82. The largest absolute Gasteiger partial charge is 0.508 e. The third kappa shape index (κ3) is 3.80. The van der Waals surface area contributed by atoms with Crippen LogP contribution in [0.25, 0.3) is 22.2 Å². The maximum absolute atomic E-state index is 10.1. The van der Waals surface area contributed by atoms with Gasteiger partial charge in [-0.2, -0.15) is 0 Å². The summed E-state index contributed by atoms with van der Waals surface area (Å²) in [5.74, 6) is 1.52. The number of aromatic nitrogens is 2. The molecule has 32 heavy (non-hydrogen) atoms. The van der Waals surface area contributed by atoms with E-state index in [4.69, 9.17) is 4.98 Å². The van der Waals surface area contributed by atoms with Crippen LogP contribution in [-0.4, -0.2) is 46.4 Å². The predicted octanol–water partition coefficient (Wildman–Crippen LogP) is 4.65. The van der Waals surface area contributed by atoms with Crippen molar-refractivity contribution < 1.29 is 10.2 Å². The molecule has 1 aliphatic heterocycles. The number of phenols is 2. The fraction of sp³-hybridized carbons (Fsp3) is 0.231. The van der Waals surface area contributed by atoms with Crippen molar-refractivity contribution in [2.45, 2.75) is 13.8 Å². The van der Waals surface area contributed by atoms with E-state index in [0.717, 1.165) is 71.0 Å². The van der Waals surface area contributed by atoms with Gasteiger partial charge in [0, 0.05) is 31.9 Å². The van der Waals surface area contributed by atoms with Crippen LogP contribution in [0, 0.1) is 13.8 Å². The van der Waals surface area contributed by atoms with E-state index in [0.29, 0.717) is 5.75 Å². The maximum atomic E-state index is 10.1. The highest BCUT2D eigenvalue weighted by Gasteiger charge is 2.19. The van der Waals surface area contributed by atoms with Crippen molar-refractivity contribution in [1.29, 1.82) is 0 Å². The summed E-state index contributed by atoms with van der Waals surface area (Å²) in [6, 6.07) is 17.5. The van der Waals surface area contributed by atoms with Crippen molar-refractivity contribution in [2.75, 3.05) is 36.0 Å². The standard InChI is InChI=1S/C26H26N4O2/c1-17-13-20(14-18(2)26(17)32)19-3-8-23-24(15-19)28-25(16-27-23)30-11-9-29(10-12-30)21-4-6-22(31)7-5-21/h3-8,13-16,31-32H,9-12H2,1-2H3. The summed E-state index contributed by atoms with van der Waals surface area (Å²) in [5.41, 5.74) is 6.72. The molecule has 1 fully saturated rings. The lowest BCUT2D eigenvalue weighted by molar-refractivity contribution is 0.467. The van der Waals surface area contributed by atoms with Crippen LogP contribution in [0.3, 0.4) is 0 Å². The van der Waals surface area contributed by atoms with Gasteiger partial charge >= 0.3 is 0 Å². The highest BCUT2D eigenvalue weighted by Crippen LogP contribution is 2.31. The third-order valence-corrected chi connectivity index (χ3v) is 6.17. The van der Waals surface area contributed by atoms with Gasteiger partial charge in [0.2, 0.25) is 0 Å². The summed E-state index contributed by atoms with van der Waals surface area (Å²) >= 11 is 0. The van der Waals surface area contributed by atoms with Crippen molar-refractivity contribution in [3.05, 3.63) is 71.9 Å². The molecule has 0 amide bonds. The normalized spacial score (nSPS) is 14.2. The van der Waals surface area contributed by atoms with Gasteiger partial charge in [-0.15, -0.1) is 0 Å². The van der Waals surface area contributed by atoms with E-state index in [2.05, 4.69) is 26.9 Å². The molecule has 1 aromatic heterocycles. The number of piperazine rings is 1. The number of nitrogens with zero attached hydrogens (tertiary/aromatic N) is 4. The van der Waals surface area contributed by atoms with Crippen molar-refractivity contribution in [1.82, 2.24) is 9.97 Å². The number of benzene rings is 3. The minimum atomic E-state index is 0.288. The first-order chi connectivity index (χ1) is 15.5. The van der Waals surface area contributed by atoms with E-state index in [1.165, 1.54) is 0 Å². The van der Waals surface area contributed by atoms with Gasteiger partial charge in [0.1, 0.15) is 17.3 Å². The molecule has 0 atom stereocenters. The average Bonchev–Trinajstić information content (AvgIpc) is 2.82. The number of anilines is 2. The molecule has 5 rings (SSSR count). The molecule has 1 saturated heterocycles. The van der Waals surface area contributed by atoms with E-state index >= 15 is 0 Å². The molecule has 4 aromatic rings. The zero-order chi connectivity index (χ0) is 22.2. The highest BCUT2D eigenvalue weighted by atomic mass is 16.3. The van der Waals surface area contributed by atoms with Gasteiger partial charge in [0.05, 0.1) is 17.2 Å². The predicted molar refractivity (Wildman–Crippen MR) is 129 cm³/mol. The monoisotopic (exact) mass is 426 g/mol. The molecule has 0 radical (unpaired) electrons. The van der Waals surface area contributed by atoms with Crippen molar-refractivity contribution in [3.63, 3.8) is 0 Å². The number of hydrogen-bond donors (Lipinski definition) is 2. The first kappa shape index (κ1) is 20.1. The molecule has 0 saturated carbocycles. The van der Waals surface area contributed by atoms with Gasteiger partial charge < -0.3 is 20.0 Å². The van der Waals surface area contributed by atoms with E-state index in [1.54, 1.807) is 12.1 Å². The Labute approximate surface area is 187 Å². The zero-order valence-corrected chi connectivity index (χ0v) is 18.3. The summed E-state index contributed by atoms with van der Waals surface area (Å²) in [4.78, 5) is 14.1. The van der Waals surface area contributed by atoms with Gasteiger partial charge in [-0.1, -0.05) is 6.07 Å². The maximum Gasteiger partial charge on any atom is 0.147 e. The van der Waals surface area contributed by atoms with Gasteiger partial charge in [-0.05, 0) is 84.6 Å². The molecular weight excluding hydrogens is 400 g/mol. The van der Waals surface area contributed by atoms with Crippen molar-refractivity contribution in [2.24, 2.45) is 0 Å². The Bertz CT molecular complexity index is 1260. The summed E-state index contributed by atoms with van der Waals surface area (Å²) in [7, 11) is 0. The van der Waals surface area contributed by atoms with Gasteiger partial charge in [0.15, 0.2) is 0 Å². The number of aromatic hydroxyl groups is 2. The average molecular weight is 427 g/mol. The fourth-order valence-corrected chi connectivity index (χ4v) is 4.31. The molecule has 0 spiro atoms. The SMILES string of the molecule is Cc1cc(-c2ccc3ncc(N4CCN(c5ccc(O)cc5)CC4)nc3c2)cc(C)c1O. The molecule has 6 heteroatoms. The summed E-state index contributed by atoms with van der Waals surface area (Å²) in [6.45, 7) is 7.33. The molecule has 162 valence electrons. The number of aryl methyl sites for hydroxylation is 2. The van der Waals surface area contributed by atoms with Crippen LogP contribution < -0.4 is 9.80 Å². The third-order valence-electron chi connectivity index (χ3n) is 6.17. The molecule has 0 bridgehead atoms. The lowest BCUT2D eigenvalue weighted by atomic mass is 9.99. The quantitative estimate of drug-likeness (QED) is 0.497. The Morgan fingerprint density at radius 3 is 2.06 bits per heavy atom. The van der Waals surface area contributed by atoms with Crippen LogP contribution in [0.15, 0.2) is 60.8 Å². The second-order valence-electron chi connectivity index (χ2n) is 8.38. The van der Waals surface area contributed by atoms with Gasteiger partial charge in [0.25, 0.3) is 0 Å². The lowest BCUT2D eigenvalue weighted by Crippen LogP contribution is -2.46. The molecule has 6 nitrogen and oxygen atoms in total. The minimum absolute atomic E-state index is 0.288. The molecule has 0 unspecified atom stereocenters. The molecule has 1 aliphatic rings. The Kier molecular flexibility index (Phi) is 5.05. The first-order valence-corrected chi connectivity index (χ1v) is 10.8. The van der Waals surface area contributed by atoms with Crippen molar-refractivity contribution in [3.8, 4) is 22.6 Å². The molecule has 0 aliphatic carbocycles. The van der Waals surface area contributed by atoms with Crippen LogP contribution in [0.1, 0.15) is 11.1 Å². The molecule has 3 aromatic carbocycles. The van der Waals surface area contributed by atoms with Gasteiger partial charge in [-0.3, -0.25) is 4.98 Å². The smallest absolute Gasteiger partial charge is 0.147 e. The van der Waals surface area contributed by atoms with Crippen LogP contribution in [0.4, 0.5) is 11.5 Å². The number of fused-ring (bicyclic) bond motifs is 1. The number of rotatable bonds is 3. The van der Waals surface area contributed by atoms with Crippen molar-refractivity contribution >= 4 is 22.5 Å². The van der Waals surface area contributed by atoms with Gasteiger partial charge in [-0.25, -0.2) is 4.98 Å². The van der Waals surface area contributed by atoms with Crippen LogP contribution in [0.2, 0.25) is 0 Å². The van der Waals surface area contributed by atoms with E-state index in [9.17, 15) is 10.2 Å². The second kappa shape index (κ2) is 8.04. The number of phenolic OH excluding ortho intramolecular Hbond substituents is 2. The zero-order valence-electron chi connectivity index (χ0n) is 18.3. The molecular formula is C26H26N4O2. The van der Waals surface area contributed by atoms with E-state index in [1.807, 2.05) is 50.4 Å². The number of hydrogen-bond acceptors (Lipinski definition) is 6. The molecule has 2 heterocycles. The second-order valence-corrected chi connectivity index (χ2v) is 8.38. The van der Waals surface area contributed by atoms with Crippen LogP contribution in [-0.2, 0) is 0 Å². The summed E-state index contributed by atoms with van der Waals surface area (Å²) in [5, 5.41) is 19.6. The molecule has 2 N–H and O–H groups in total. The Hall–Kier alpha value is -3.80. The topological polar surface area (TPSA) is 72.7 Å². The Morgan fingerprint density at radius 2 is 1.38 bits per heavy atom. The fourth-order valence-electron chi connectivity index (χ4n) is 4.31. The Morgan fingerprint density at radius 1 is 0.719 bits per heavy atom. The summed E-state index contributed by atoms with van der Waals surface area (Å²) in [6.07, 6.45) is 1.85. The van der Waals surface area contributed by atoms with Crippen LogP contribution >= 0.6 is 0 Å². The Balaban J connectivity index is 1.38. The van der Waals surface area contributed by atoms with E-state index in [-0.39, 0.29) is 5.75 Å². The lowest BCUT2D eigenvalue weighted by Gasteiger charge is -2.36. The van der Waals surface area contributed by atoms with E-state index < -0.39 is 0 Å². The summed E-state index contributed by atoms with van der Waals surface area (Å²) < 4.78 is 0. The first-order valence-electron chi connectivity index (χ1n) is 10.8. The minimum Gasteiger partial charge on any atom is -0.508 e.